The molecule has 5 rings (SSSR count). The van der Waals surface area contributed by atoms with Gasteiger partial charge in [-0.05, 0) is 31.9 Å². The Hall–Kier alpha value is -3.74. The minimum atomic E-state index is -0.382. The number of hydrogen-bond donors (Lipinski definition) is 1. The van der Waals surface area contributed by atoms with Crippen molar-refractivity contribution in [3.8, 4) is 5.69 Å². The van der Waals surface area contributed by atoms with Crippen LogP contribution in [0.3, 0.4) is 0 Å². The van der Waals surface area contributed by atoms with E-state index in [-0.39, 0.29) is 40.2 Å². The number of carbonyl (C=O) groups excluding carboxylic acids is 2. The van der Waals surface area contributed by atoms with Gasteiger partial charge in [0.25, 0.3) is 17.2 Å². The molecule has 3 heterocycles. The van der Waals surface area contributed by atoms with E-state index in [0.717, 1.165) is 32.1 Å². The molecule has 3 aromatic rings. The van der Waals surface area contributed by atoms with Crippen molar-refractivity contribution in [3.05, 3.63) is 82.5 Å². The molecule has 1 aliphatic heterocycles. The average Bonchev–Trinajstić information content (AvgIpc) is 3.26. The number of aromatic amines is 1. The van der Waals surface area contributed by atoms with E-state index >= 15 is 0 Å². The molecule has 0 unspecified atom stereocenters. The fraction of sp³-hybridized carbons (Fsp3) is 0.280. The number of hydrogen-bond acceptors (Lipinski definition) is 3. The number of imide groups is 1. The third-order valence-corrected chi connectivity index (χ3v) is 6.34. The molecular formula is C25H25N4O3+. The van der Waals surface area contributed by atoms with E-state index in [4.69, 9.17) is 0 Å². The van der Waals surface area contributed by atoms with E-state index in [1.807, 2.05) is 36.4 Å². The minimum Gasteiger partial charge on any atom is -0.295 e. The Kier molecular flexibility index (Phi) is 5.09. The molecule has 1 fully saturated rings. The fourth-order valence-electron chi connectivity index (χ4n) is 4.82. The molecule has 1 N–H and O–H groups in total. The van der Waals surface area contributed by atoms with Crippen LogP contribution < -0.4 is 10.1 Å². The summed E-state index contributed by atoms with van der Waals surface area (Å²) in [5.41, 5.74) is 1.53. The van der Waals surface area contributed by atoms with Crippen LogP contribution in [0.15, 0.2) is 65.7 Å². The first-order chi connectivity index (χ1) is 15.6. The molecule has 32 heavy (non-hydrogen) atoms. The van der Waals surface area contributed by atoms with Gasteiger partial charge >= 0.3 is 5.91 Å². The normalized spacial score (nSPS) is 17.5. The predicted molar refractivity (Wildman–Crippen MR) is 120 cm³/mol. The van der Waals surface area contributed by atoms with Crippen LogP contribution in [0, 0.1) is 6.92 Å². The van der Waals surface area contributed by atoms with E-state index in [1.54, 1.807) is 36.0 Å². The topological polar surface area (TPSA) is 79.1 Å². The monoisotopic (exact) mass is 429 g/mol. The zero-order valence-corrected chi connectivity index (χ0v) is 18.0. The Morgan fingerprint density at radius 3 is 2.22 bits per heavy atom. The molecule has 7 heteroatoms. The Bertz CT molecular complexity index is 1270. The number of carbonyl (C=O) groups is 2. The van der Waals surface area contributed by atoms with Gasteiger partial charge in [0.05, 0.1) is 11.3 Å². The molecule has 0 bridgehead atoms. The number of aryl methyl sites for hydroxylation is 1. The van der Waals surface area contributed by atoms with E-state index in [9.17, 15) is 14.4 Å². The second kappa shape index (κ2) is 8.07. The van der Waals surface area contributed by atoms with Crippen LogP contribution in [-0.2, 0) is 9.59 Å². The van der Waals surface area contributed by atoms with Crippen molar-refractivity contribution >= 4 is 23.1 Å². The molecule has 162 valence electrons. The number of nitrogens with zero attached hydrogens (tertiary/aromatic N) is 3. The van der Waals surface area contributed by atoms with Crippen molar-refractivity contribution in [1.82, 2.24) is 14.7 Å². The second-order valence-corrected chi connectivity index (χ2v) is 8.37. The van der Waals surface area contributed by atoms with Crippen LogP contribution in [0.4, 0.5) is 0 Å². The SMILES string of the molecule is Cc1[nH]n(-c2ccccc2)c(=O)c1C1=C([n+]2ccccc2)C(=O)N(C2CCCCC2)C1=O. The largest absolute Gasteiger partial charge is 0.327 e. The van der Waals surface area contributed by atoms with Gasteiger partial charge in [0, 0.05) is 23.9 Å². The quantitative estimate of drug-likeness (QED) is 0.512. The number of nitrogens with one attached hydrogen (secondary N) is 1. The summed E-state index contributed by atoms with van der Waals surface area (Å²) in [7, 11) is 0. The lowest BCUT2D eigenvalue weighted by Crippen LogP contribution is -2.45. The molecule has 1 aromatic carbocycles. The van der Waals surface area contributed by atoms with Crippen LogP contribution in [0.2, 0.25) is 0 Å². The first-order valence-corrected chi connectivity index (χ1v) is 11.0. The van der Waals surface area contributed by atoms with Gasteiger partial charge in [-0.2, -0.15) is 4.57 Å². The Labute approximate surface area is 185 Å². The summed E-state index contributed by atoms with van der Waals surface area (Å²) in [5.74, 6) is -0.716. The van der Waals surface area contributed by atoms with Crippen LogP contribution in [0.1, 0.15) is 43.4 Å². The molecule has 0 atom stereocenters. The molecule has 0 saturated heterocycles. The number of pyridine rings is 1. The molecule has 2 aliphatic rings. The molecule has 2 aromatic heterocycles. The van der Waals surface area contributed by atoms with Crippen LogP contribution in [0.25, 0.3) is 17.0 Å². The maximum Gasteiger partial charge on any atom is 0.327 e. The van der Waals surface area contributed by atoms with E-state index in [1.165, 1.54) is 9.58 Å². The summed E-state index contributed by atoms with van der Waals surface area (Å²) in [6.07, 6.45) is 8.19. The van der Waals surface area contributed by atoms with Crippen molar-refractivity contribution in [1.29, 1.82) is 0 Å². The third-order valence-electron chi connectivity index (χ3n) is 6.34. The molecule has 2 amide bonds. The molecular weight excluding hydrogens is 404 g/mol. The lowest BCUT2D eigenvalue weighted by Gasteiger charge is -2.29. The first kappa shape index (κ1) is 20.2. The van der Waals surface area contributed by atoms with Gasteiger partial charge in [-0.1, -0.05) is 43.5 Å². The average molecular weight is 430 g/mol. The summed E-state index contributed by atoms with van der Waals surface area (Å²) in [6.45, 7) is 1.76. The molecule has 1 saturated carbocycles. The highest BCUT2D eigenvalue weighted by molar-refractivity contribution is 6.44. The number of benzene rings is 1. The highest BCUT2D eigenvalue weighted by Gasteiger charge is 2.49. The highest BCUT2D eigenvalue weighted by Crippen LogP contribution is 2.34. The van der Waals surface area contributed by atoms with Crippen molar-refractivity contribution in [2.45, 2.75) is 45.1 Å². The summed E-state index contributed by atoms with van der Waals surface area (Å²) >= 11 is 0. The second-order valence-electron chi connectivity index (χ2n) is 8.37. The van der Waals surface area contributed by atoms with Crippen molar-refractivity contribution < 1.29 is 14.2 Å². The minimum absolute atomic E-state index is 0.129. The zero-order valence-electron chi connectivity index (χ0n) is 18.0. The van der Waals surface area contributed by atoms with Crippen molar-refractivity contribution in [2.75, 3.05) is 0 Å². The summed E-state index contributed by atoms with van der Waals surface area (Å²) in [6, 6.07) is 14.5. The van der Waals surface area contributed by atoms with Gasteiger partial charge in [-0.15, -0.1) is 0 Å². The molecule has 0 spiro atoms. The van der Waals surface area contributed by atoms with Gasteiger partial charge < -0.3 is 0 Å². The fourth-order valence-corrected chi connectivity index (χ4v) is 4.82. The van der Waals surface area contributed by atoms with E-state index in [2.05, 4.69) is 5.10 Å². The Balaban J connectivity index is 1.70. The van der Waals surface area contributed by atoms with Gasteiger partial charge in [0.1, 0.15) is 5.57 Å². The zero-order chi connectivity index (χ0) is 22.2. The third kappa shape index (κ3) is 3.21. The molecule has 7 nitrogen and oxygen atoms in total. The number of rotatable bonds is 4. The van der Waals surface area contributed by atoms with Gasteiger partial charge in [0.15, 0.2) is 12.4 Å². The van der Waals surface area contributed by atoms with Gasteiger partial charge in [0.2, 0.25) is 0 Å². The number of amides is 2. The Morgan fingerprint density at radius 2 is 1.53 bits per heavy atom. The first-order valence-electron chi connectivity index (χ1n) is 11.0. The smallest absolute Gasteiger partial charge is 0.295 e. The maximum absolute atomic E-state index is 13.7. The van der Waals surface area contributed by atoms with Crippen LogP contribution >= 0.6 is 0 Å². The van der Waals surface area contributed by atoms with Crippen molar-refractivity contribution in [2.24, 2.45) is 0 Å². The van der Waals surface area contributed by atoms with Gasteiger partial charge in [-0.3, -0.25) is 24.4 Å². The Morgan fingerprint density at radius 1 is 0.875 bits per heavy atom. The highest BCUT2D eigenvalue weighted by atomic mass is 16.2. The number of para-hydroxylation sites is 1. The number of H-pyrrole nitrogens is 1. The molecule has 1 aliphatic carbocycles. The lowest BCUT2D eigenvalue weighted by atomic mass is 9.94. The summed E-state index contributed by atoms with van der Waals surface area (Å²) in [5, 5.41) is 3.09. The number of aromatic nitrogens is 3. The van der Waals surface area contributed by atoms with Crippen LogP contribution in [0.5, 0.6) is 0 Å². The summed E-state index contributed by atoms with van der Waals surface area (Å²) in [4.78, 5) is 42.2. The van der Waals surface area contributed by atoms with Crippen molar-refractivity contribution in [3.63, 3.8) is 0 Å². The van der Waals surface area contributed by atoms with E-state index in [0.29, 0.717) is 11.4 Å². The van der Waals surface area contributed by atoms with Gasteiger partial charge in [-0.25, -0.2) is 4.68 Å². The van der Waals surface area contributed by atoms with Crippen LogP contribution in [-0.4, -0.2) is 32.5 Å². The molecule has 0 radical (unpaired) electrons. The standard InChI is InChI=1S/C25H24N4O3/c1-17-20(24(31)29(26-17)19-13-7-3-8-14-19)21-22(27-15-9-4-10-16-27)25(32)28(23(21)30)18-11-5-2-6-12-18/h3-4,7-10,13-16,18H,2,5-6,11-12H2,1H3/p+1. The van der Waals surface area contributed by atoms with E-state index < -0.39 is 0 Å². The maximum atomic E-state index is 13.7. The predicted octanol–water partition coefficient (Wildman–Crippen LogP) is 2.83. The lowest BCUT2D eigenvalue weighted by molar-refractivity contribution is -0.576. The summed E-state index contributed by atoms with van der Waals surface area (Å²) < 4.78 is 3.07.